The predicted octanol–water partition coefficient (Wildman–Crippen LogP) is 4.02. The van der Waals surface area contributed by atoms with E-state index < -0.39 is 0 Å². The molecular formula is C20H24ClN3O2. The molecule has 6 heteroatoms. The van der Waals surface area contributed by atoms with Gasteiger partial charge in [0.1, 0.15) is 5.75 Å². The van der Waals surface area contributed by atoms with Gasteiger partial charge in [0.15, 0.2) is 6.61 Å². The number of hydrazone groups is 1. The van der Waals surface area contributed by atoms with E-state index in [9.17, 15) is 4.79 Å². The molecule has 0 aromatic heterocycles. The maximum Gasteiger partial charge on any atom is 0.277 e. The molecule has 26 heavy (non-hydrogen) atoms. The minimum Gasteiger partial charge on any atom is -0.484 e. The summed E-state index contributed by atoms with van der Waals surface area (Å²) in [7, 11) is 0. The first-order valence-electron chi connectivity index (χ1n) is 8.59. The first-order valence-corrected chi connectivity index (χ1v) is 8.97. The molecule has 138 valence electrons. The zero-order valence-electron chi connectivity index (χ0n) is 15.3. The third-order valence-electron chi connectivity index (χ3n) is 3.92. The Morgan fingerprint density at radius 3 is 2.50 bits per heavy atom. The van der Waals surface area contributed by atoms with Crippen LogP contribution in [0.2, 0.25) is 5.02 Å². The standard InChI is InChI=1S/C20H24ClN3O2/c1-4-24(5-2)17-8-6-16(7-9-17)13-22-23-20(25)14-26-18-10-11-19(21)15(3)12-18/h6-13H,4-5,14H2,1-3H3,(H,23,25). The van der Waals surface area contributed by atoms with Crippen LogP contribution in [-0.2, 0) is 4.79 Å². The number of nitrogens with zero attached hydrogens (tertiary/aromatic N) is 2. The normalized spacial score (nSPS) is 10.8. The topological polar surface area (TPSA) is 53.9 Å². The Bertz CT molecular complexity index is 756. The van der Waals surface area contributed by atoms with Crippen molar-refractivity contribution in [2.24, 2.45) is 5.10 Å². The van der Waals surface area contributed by atoms with Crippen LogP contribution in [0.3, 0.4) is 0 Å². The number of rotatable bonds is 8. The number of hydrogen-bond acceptors (Lipinski definition) is 4. The lowest BCUT2D eigenvalue weighted by atomic mass is 10.2. The SMILES string of the molecule is CCN(CC)c1ccc(C=NNC(=O)COc2ccc(Cl)c(C)c2)cc1. The Kier molecular flexibility index (Phi) is 7.48. The van der Waals surface area contributed by atoms with Gasteiger partial charge in [0.05, 0.1) is 6.21 Å². The molecule has 0 fully saturated rings. The maximum atomic E-state index is 11.8. The molecule has 2 aromatic rings. The average molecular weight is 374 g/mol. The fraction of sp³-hybridized carbons (Fsp3) is 0.300. The Labute approximate surface area is 159 Å². The second-order valence-corrected chi connectivity index (χ2v) is 6.16. The van der Waals surface area contributed by atoms with Crippen molar-refractivity contribution in [3.63, 3.8) is 0 Å². The Hall–Kier alpha value is -2.53. The van der Waals surface area contributed by atoms with E-state index in [1.54, 1.807) is 24.4 Å². The van der Waals surface area contributed by atoms with Crippen LogP contribution < -0.4 is 15.1 Å². The highest BCUT2D eigenvalue weighted by molar-refractivity contribution is 6.31. The summed E-state index contributed by atoms with van der Waals surface area (Å²) in [5, 5.41) is 4.63. The first-order chi connectivity index (χ1) is 12.5. The van der Waals surface area contributed by atoms with Crippen LogP contribution in [0, 0.1) is 6.92 Å². The summed E-state index contributed by atoms with van der Waals surface area (Å²) in [6.45, 7) is 7.95. The van der Waals surface area contributed by atoms with Crippen molar-refractivity contribution in [2.45, 2.75) is 20.8 Å². The van der Waals surface area contributed by atoms with Crippen molar-refractivity contribution in [2.75, 3.05) is 24.6 Å². The van der Waals surface area contributed by atoms with Crippen molar-refractivity contribution in [1.29, 1.82) is 0 Å². The average Bonchev–Trinajstić information content (AvgIpc) is 2.65. The Morgan fingerprint density at radius 2 is 1.88 bits per heavy atom. The van der Waals surface area contributed by atoms with Gasteiger partial charge in [-0.15, -0.1) is 0 Å². The van der Waals surface area contributed by atoms with Gasteiger partial charge in [-0.05, 0) is 62.2 Å². The van der Waals surface area contributed by atoms with Gasteiger partial charge >= 0.3 is 0 Å². The number of amides is 1. The molecule has 5 nitrogen and oxygen atoms in total. The molecule has 1 N–H and O–H groups in total. The van der Waals surface area contributed by atoms with Crippen molar-refractivity contribution in [3.8, 4) is 5.75 Å². The highest BCUT2D eigenvalue weighted by atomic mass is 35.5. The maximum absolute atomic E-state index is 11.8. The molecule has 0 saturated carbocycles. The Balaban J connectivity index is 1.81. The van der Waals surface area contributed by atoms with E-state index in [1.807, 2.05) is 31.2 Å². The second kappa shape index (κ2) is 9.82. The molecule has 0 unspecified atom stereocenters. The lowest BCUT2D eigenvalue weighted by molar-refractivity contribution is -0.123. The van der Waals surface area contributed by atoms with E-state index in [2.05, 4.69) is 29.3 Å². The van der Waals surface area contributed by atoms with Crippen LogP contribution >= 0.6 is 11.6 Å². The molecule has 0 spiro atoms. The lowest BCUT2D eigenvalue weighted by Crippen LogP contribution is -2.24. The monoisotopic (exact) mass is 373 g/mol. The van der Waals surface area contributed by atoms with Gasteiger partial charge in [-0.25, -0.2) is 5.43 Å². The van der Waals surface area contributed by atoms with Gasteiger partial charge in [-0.3, -0.25) is 4.79 Å². The summed E-state index contributed by atoms with van der Waals surface area (Å²) in [4.78, 5) is 14.1. The molecule has 0 heterocycles. The summed E-state index contributed by atoms with van der Waals surface area (Å²) in [5.74, 6) is 0.270. The molecule has 1 amide bonds. The van der Waals surface area contributed by atoms with Gasteiger partial charge in [-0.2, -0.15) is 5.10 Å². The van der Waals surface area contributed by atoms with Crippen molar-refractivity contribution >= 4 is 29.4 Å². The Morgan fingerprint density at radius 1 is 1.19 bits per heavy atom. The van der Waals surface area contributed by atoms with Gasteiger partial charge in [0.25, 0.3) is 5.91 Å². The largest absolute Gasteiger partial charge is 0.484 e. The van der Waals surface area contributed by atoms with Crippen molar-refractivity contribution < 1.29 is 9.53 Å². The summed E-state index contributed by atoms with van der Waals surface area (Å²) < 4.78 is 5.42. The van der Waals surface area contributed by atoms with E-state index >= 15 is 0 Å². The number of carbonyl (C=O) groups is 1. The van der Waals surface area contributed by atoms with Crippen molar-refractivity contribution in [1.82, 2.24) is 5.43 Å². The van der Waals surface area contributed by atoms with E-state index in [-0.39, 0.29) is 12.5 Å². The summed E-state index contributed by atoms with van der Waals surface area (Å²) in [6, 6.07) is 13.3. The molecule has 0 bridgehead atoms. The van der Waals surface area contributed by atoms with Crippen molar-refractivity contribution in [3.05, 3.63) is 58.6 Å². The molecule has 0 atom stereocenters. The van der Waals surface area contributed by atoms with Gasteiger partial charge in [0, 0.05) is 23.8 Å². The molecular weight excluding hydrogens is 350 g/mol. The highest BCUT2D eigenvalue weighted by Crippen LogP contribution is 2.20. The smallest absolute Gasteiger partial charge is 0.277 e. The zero-order chi connectivity index (χ0) is 18.9. The van der Waals surface area contributed by atoms with Crippen LogP contribution in [0.5, 0.6) is 5.75 Å². The predicted molar refractivity (Wildman–Crippen MR) is 107 cm³/mol. The molecule has 0 aliphatic rings. The van der Waals surface area contributed by atoms with Gasteiger partial charge in [-0.1, -0.05) is 23.7 Å². The zero-order valence-corrected chi connectivity index (χ0v) is 16.1. The third kappa shape index (κ3) is 5.77. The minimum atomic E-state index is -0.325. The first kappa shape index (κ1) is 19.8. The molecule has 2 aromatic carbocycles. The number of halogens is 1. The minimum absolute atomic E-state index is 0.112. The van der Waals surface area contributed by atoms with Crippen LogP contribution in [-0.4, -0.2) is 31.8 Å². The van der Waals surface area contributed by atoms with Crippen LogP contribution in [0.1, 0.15) is 25.0 Å². The third-order valence-corrected chi connectivity index (χ3v) is 4.35. The number of hydrogen-bond donors (Lipinski definition) is 1. The summed E-state index contributed by atoms with van der Waals surface area (Å²) in [6.07, 6.45) is 1.61. The van der Waals surface area contributed by atoms with Crippen LogP contribution in [0.4, 0.5) is 5.69 Å². The number of benzene rings is 2. The molecule has 2 rings (SSSR count). The number of nitrogens with one attached hydrogen (secondary N) is 1. The van der Waals surface area contributed by atoms with E-state index in [1.165, 1.54) is 5.69 Å². The van der Waals surface area contributed by atoms with E-state index in [0.29, 0.717) is 10.8 Å². The fourth-order valence-electron chi connectivity index (χ4n) is 2.43. The second-order valence-electron chi connectivity index (χ2n) is 5.76. The summed E-state index contributed by atoms with van der Waals surface area (Å²) >= 11 is 5.96. The molecule has 0 saturated heterocycles. The van der Waals surface area contributed by atoms with E-state index in [4.69, 9.17) is 16.3 Å². The highest BCUT2D eigenvalue weighted by Gasteiger charge is 2.03. The fourth-order valence-corrected chi connectivity index (χ4v) is 2.54. The lowest BCUT2D eigenvalue weighted by Gasteiger charge is -2.20. The van der Waals surface area contributed by atoms with Crippen LogP contribution in [0.25, 0.3) is 0 Å². The molecule has 0 radical (unpaired) electrons. The van der Waals surface area contributed by atoms with E-state index in [0.717, 1.165) is 24.2 Å². The van der Waals surface area contributed by atoms with Gasteiger partial charge < -0.3 is 9.64 Å². The quantitative estimate of drug-likeness (QED) is 0.561. The van der Waals surface area contributed by atoms with Crippen LogP contribution in [0.15, 0.2) is 47.6 Å². The van der Waals surface area contributed by atoms with Gasteiger partial charge in [0.2, 0.25) is 0 Å². The molecule has 0 aliphatic heterocycles. The number of ether oxygens (including phenoxy) is 1. The number of carbonyl (C=O) groups excluding carboxylic acids is 1. The molecule has 0 aliphatic carbocycles. The number of aryl methyl sites for hydroxylation is 1. The number of anilines is 1. The summed E-state index contributed by atoms with van der Waals surface area (Å²) in [5.41, 5.74) is 5.44.